The van der Waals surface area contributed by atoms with Crippen LogP contribution in [0.4, 0.5) is 4.39 Å². The Kier molecular flexibility index (Phi) is 4.15. The Morgan fingerprint density at radius 3 is 2.56 bits per heavy atom. The monoisotopic (exact) mass is 263 g/mol. The summed E-state index contributed by atoms with van der Waals surface area (Å²) in [5, 5.41) is 3.33. The van der Waals surface area contributed by atoms with E-state index in [1.807, 2.05) is 13.1 Å². The maximum Gasteiger partial charge on any atom is 0.123 e. The molecule has 0 fully saturated rings. The first-order valence-corrected chi connectivity index (χ1v) is 6.96. The average Bonchev–Trinajstić information content (AvgIpc) is 2.79. The third kappa shape index (κ3) is 2.79. The smallest absolute Gasteiger partial charge is 0.123 e. The van der Waals surface area contributed by atoms with Crippen LogP contribution in [0.15, 0.2) is 36.4 Å². The molecular formula is C15H18FNS. The number of benzene rings is 1. The summed E-state index contributed by atoms with van der Waals surface area (Å²) in [7, 11) is 1.98. The summed E-state index contributed by atoms with van der Waals surface area (Å²) >= 11 is 1.73. The topological polar surface area (TPSA) is 12.0 Å². The normalized spacial score (nSPS) is 12.9. The summed E-state index contributed by atoms with van der Waals surface area (Å²) in [6.07, 6.45) is 0. The van der Waals surface area contributed by atoms with Gasteiger partial charge in [-0.3, -0.25) is 0 Å². The first kappa shape index (κ1) is 13.2. The van der Waals surface area contributed by atoms with Gasteiger partial charge in [0, 0.05) is 15.8 Å². The second kappa shape index (κ2) is 5.63. The van der Waals surface area contributed by atoms with Crippen molar-refractivity contribution in [1.82, 2.24) is 5.32 Å². The lowest BCUT2D eigenvalue weighted by molar-refractivity contribution is 0.449. The lowest BCUT2D eigenvalue weighted by Gasteiger charge is -2.18. The van der Waals surface area contributed by atoms with Crippen molar-refractivity contribution in [3.63, 3.8) is 0 Å². The number of rotatable bonds is 4. The fourth-order valence-electron chi connectivity index (χ4n) is 2.12. The van der Waals surface area contributed by atoms with Crippen molar-refractivity contribution in [3.05, 3.63) is 47.1 Å². The summed E-state index contributed by atoms with van der Waals surface area (Å²) in [5.74, 6) is 0.352. The van der Waals surface area contributed by atoms with Gasteiger partial charge in [0.15, 0.2) is 0 Å². The summed E-state index contributed by atoms with van der Waals surface area (Å²) in [6, 6.07) is 11.3. The van der Waals surface area contributed by atoms with E-state index in [0.717, 1.165) is 10.4 Å². The highest BCUT2D eigenvalue weighted by atomic mass is 32.1. The molecule has 1 nitrogen and oxygen atoms in total. The SMILES string of the molecule is CNC(c1ccc(-c2cccc(F)c2)s1)C(C)C. The van der Waals surface area contributed by atoms with Gasteiger partial charge in [-0.1, -0.05) is 26.0 Å². The fourth-order valence-corrected chi connectivity index (χ4v) is 3.41. The van der Waals surface area contributed by atoms with Gasteiger partial charge in [0.25, 0.3) is 0 Å². The first-order valence-electron chi connectivity index (χ1n) is 6.14. The molecule has 0 aliphatic heterocycles. The molecule has 0 aliphatic carbocycles. The number of halogens is 1. The molecule has 0 saturated heterocycles. The van der Waals surface area contributed by atoms with Gasteiger partial charge < -0.3 is 5.32 Å². The van der Waals surface area contributed by atoms with E-state index in [1.54, 1.807) is 23.5 Å². The number of hydrogen-bond donors (Lipinski definition) is 1. The molecule has 1 aromatic carbocycles. The summed E-state index contributed by atoms with van der Waals surface area (Å²) < 4.78 is 13.2. The van der Waals surface area contributed by atoms with E-state index in [1.165, 1.54) is 10.9 Å². The van der Waals surface area contributed by atoms with Crippen molar-refractivity contribution in [2.24, 2.45) is 5.92 Å². The highest BCUT2D eigenvalue weighted by Crippen LogP contribution is 2.34. The van der Waals surface area contributed by atoms with E-state index in [2.05, 4.69) is 31.3 Å². The van der Waals surface area contributed by atoms with Gasteiger partial charge in [0.1, 0.15) is 5.82 Å². The van der Waals surface area contributed by atoms with Gasteiger partial charge >= 0.3 is 0 Å². The molecule has 1 atom stereocenters. The molecule has 0 amide bonds. The lowest BCUT2D eigenvalue weighted by atomic mass is 10.0. The van der Waals surface area contributed by atoms with Gasteiger partial charge in [0.2, 0.25) is 0 Å². The molecule has 0 spiro atoms. The lowest BCUT2D eigenvalue weighted by Crippen LogP contribution is -2.20. The first-order chi connectivity index (χ1) is 8.61. The standard InChI is InChI=1S/C15H18FNS/c1-10(2)15(17-3)14-8-7-13(18-14)11-5-4-6-12(16)9-11/h4-10,15,17H,1-3H3. The highest BCUT2D eigenvalue weighted by Gasteiger charge is 2.16. The van der Waals surface area contributed by atoms with Gasteiger partial charge in [-0.2, -0.15) is 0 Å². The molecule has 0 radical (unpaired) electrons. The summed E-state index contributed by atoms with van der Waals surface area (Å²) in [6.45, 7) is 4.39. The summed E-state index contributed by atoms with van der Waals surface area (Å²) in [5.41, 5.74) is 0.949. The molecule has 96 valence electrons. The quantitative estimate of drug-likeness (QED) is 0.858. The molecule has 1 heterocycles. The molecule has 18 heavy (non-hydrogen) atoms. The van der Waals surface area contributed by atoms with Crippen LogP contribution in [0.1, 0.15) is 24.8 Å². The predicted octanol–water partition coefficient (Wildman–Crippen LogP) is 4.47. The molecule has 2 aromatic rings. The van der Waals surface area contributed by atoms with E-state index >= 15 is 0 Å². The minimum Gasteiger partial charge on any atom is -0.312 e. The van der Waals surface area contributed by atoms with E-state index < -0.39 is 0 Å². The maximum atomic E-state index is 13.2. The summed E-state index contributed by atoms with van der Waals surface area (Å²) in [4.78, 5) is 2.41. The Morgan fingerprint density at radius 2 is 1.94 bits per heavy atom. The van der Waals surface area contributed by atoms with Crippen molar-refractivity contribution >= 4 is 11.3 Å². The van der Waals surface area contributed by atoms with Crippen molar-refractivity contribution in [2.45, 2.75) is 19.9 Å². The van der Waals surface area contributed by atoms with Crippen molar-refractivity contribution in [2.75, 3.05) is 7.05 Å². The third-order valence-corrected chi connectivity index (χ3v) is 4.24. The fraction of sp³-hybridized carbons (Fsp3) is 0.333. The largest absolute Gasteiger partial charge is 0.312 e. The zero-order chi connectivity index (χ0) is 13.1. The van der Waals surface area contributed by atoms with Crippen LogP contribution < -0.4 is 5.32 Å². The molecule has 0 bridgehead atoms. The molecule has 1 aromatic heterocycles. The van der Waals surface area contributed by atoms with Crippen LogP contribution >= 0.6 is 11.3 Å². The van der Waals surface area contributed by atoms with Gasteiger partial charge in [-0.25, -0.2) is 4.39 Å². The van der Waals surface area contributed by atoms with Crippen molar-refractivity contribution < 1.29 is 4.39 Å². The number of thiophene rings is 1. The number of nitrogens with one attached hydrogen (secondary N) is 1. The minimum absolute atomic E-state index is 0.184. The minimum atomic E-state index is -0.184. The third-order valence-electron chi connectivity index (χ3n) is 3.02. The van der Waals surface area contributed by atoms with E-state index in [0.29, 0.717) is 12.0 Å². The van der Waals surface area contributed by atoms with Crippen LogP contribution in [0, 0.1) is 11.7 Å². The second-order valence-electron chi connectivity index (χ2n) is 4.72. The van der Waals surface area contributed by atoms with Crippen LogP contribution in [0.3, 0.4) is 0 Å². The van der Waals surface area contributed by atoms with Crippen molar-refractivity contribution in [1.29, 1.82) is 0 Å². The Bertz CT molecular complexity index is 519. The van der Waals surface area contributed by atoms with Crippen LogP contribution in [0.2, 0.25) is 0 Å². The molecular weight excluding hydrogens is 245 g/mol. The zero-order valence-corrected chi connectivity index (χ0v) is 11.7. The molecule has 0 saturated carbocycles. The van der Waals surface area contributed by atoms with Gasteiger partial charge in [-0.05, 0) is 42.8 Å². The Labute approximate surface area is 112 Å². The maximum absolute atomic E-state index is 13.2. The number of hydrogen-bond acceptors (Lipinski definition) is 2. The van der Waals surface area contributed by atoms with Crippen LogP contribution in [0.25, 0.3) is 10.4 Å². The highest BCUT2D eigenvalue weighted by molar-refractivity contribution is 7.15. The van der Waals surface area contributed by atoms with E-state index in [4.69, 9.17) is 0 Å². The van der Waals surface area contributed by atoms with Crippen LogP contribution in [-0.2, 0) is 0 Å². The Morgan fingerprint density at radius 1 is 1.17 bits per heavy atom. The van der Waals surface area contributed by atoms with Crippen molar-refractivity contribution in [3.8, 4) is 10.4 Å². The molecule has 3 heteroatoms. The zero-order valence-electron chi connectivity index (χ0n) is 10.9. The molecule has 1 unspecified atom stereocenters. The van der Waals surface area contributed by atoms with Crippen LogP contribution in [0.5, 0.6) is 0 Å². The second-order valence-corrected chi connectivity index (χ2v) is 5.84. The Hall–Kier alpha value is -1.19. The predicted molar refractivity (Wildman–Crippen MR) is 76.4 cm³/mol. The van der Waals surface area contributed by atoms with Crippen LogP contribution in [-0.4, -0.2) is 7.05 Å². The van der Waals surface area contributed by atoms with E-state index in [9.17, 15) is 4.39 Å². The Balaban J connectivity index is 2.30. The molecule has 2 rings (SSSR count). The van der Waals surface area contributed by atoms with Gasteiger partial charge in [-0.15, -0.1) is 11.3 Å². The average molecular weight is 263 g/mol. The van der Waals surface area contributed by atoms with E-state index in [-0.39, 0.29) is 5.82 Å². The van der Waals surface area contributed by atoms with Gasteiger partial charge in [0.05, 0.1) is 0 Å². The molecule has 0 aliphatic rings. The molecule has 1 N–H and O–H groups in total.